The van der Waals surface area contributed by atoms with E-state index in [0.29, 0.717) is 44.8 Å². The van der Waals surface area contributed by atoms with Crippen molar-refractivity contribution in [2.75, 3.05) is 37.6 Å². The Hall–Kier alpha value is -2.70. The predicted octanol–water partition coefficient (Wildman–Crippen LogP) is 2.04. The third-order valence-corrected chi connectivity index (χ3v) is 5.61. The summed E-state index contributed by atoms with van der Waals surface area (Å²) < 4.78 is 13.3. The van der Waals surface area contributed by atoms with E-state index >= 15 is 0 Å². The lowest BCUT2D eigenvalue weighted by atomic mass is 9.95. The van der Waals surface area contributed by atoms with Gasteiger partial charge in [-0.1, -0.05) is 20.8 Å². The summed E-state index contributed by atoms with van der Waals surface area (Å²) in [6.07, 6.45) is -1.44. The second-order valence-corrected chi connectivity index (χ2v) is 7.76. The summed E-state index contributed by atoms with van der Waals surface area (Å²) in [7, 11) is 0. The van der Waals surface area contributed by atoms with E-state index in [1.807, 2.05) is 31.7 Å². The minimum atomic E-state index is -1.82. The van der Waals surface area contributed by atoms with Gasteiger partial charge in [0.25, 0.3) is 11.8 Å². The predicted molar refractivity (Wildman–Crippen MR) is 125 cm³/mol. The van der Waals surface area contributed by atoms with Crippen LogP contribution in [-0.4, -0.2) is 71.9 Å². The molecule has 2 atom stereocenters. The van der Waals surface area contributed by atoms with Crippen molar-refractivity contribution in [2.45, 2.75) is 59.2 Å². The van der Waals surface area contributed by atoms with E-state index in [1.165, 1.54) is 17.0 Å². The van der Waals surface area contributed by atoms with E-state index in [0.717, 1.165) is 12.8 Å². The first-order chi connectivity index (χ1) is 15.8. The zero-order chi connectivity index (χ0) is 25.0. The van der Waals surface area contributed by atoms with Crippen LogP contribution in [0.4, 0.5) is 10.1 Å². The van der Waals surface area contributed by atoms with Crippen molar-refractivity contribution < 1.29 is 24.2 Å². The van der Waals surface area contributed by atoms with Gasteiger partial charge in [0.1, 0.15) is 11.9 Å². The molecule has 1 aromatic rings. The molecule has 2 rings (SSSR count). The summed E-state index contributed by atoms with van der Waals surface area (Å²) >= 11 is 0. The number of amides is 2. The molecule has 8 nitrogen and oxygen atoms in total. The topological polar surface area (TPSA) is 117 Å². The number of anilines is 1. The van der Waals surface area contributed by atoms with Crippen molar-refractivity contribution in [2.24, 2.45) is 5.92 Å². The summed E-state index contributed by atoms with van der Waals surface area (Å²) in [6, 6.07) is 6.16. The summed E-state index contributed by atoms with van der Waals surface area (Å²) in [5.74, 6) is -1.73. The molecular weight excluding hydrogens is 427 g/mol. The molecule has 1 saturated heterocycles. The highest BCUT2D eigenvalue weighted by atomic mass is 19.1. The Labute approximate surface area is 196 Å². The minimum Gasteiger partial charge on any atom is -0.380 e. The number of aliphatic hydroxyl groups is 2. The summed E-state index contributed by atoms with van der Waals surface area (Å²) in [6.45, 7) is 10.1. The van der Waals surface area contributed by atoms with Gasteiger partial charge >= 0.3 is 0 Å². The molecular formula is C24H37FN4O4. The second kappa shape index (κ2) is 14.4. The molecule has 1 aliphatic rings. The van der Waals surface area contributed by atoms with E-state index in [4.69, 9.17) is 0 Å². The number of carbonyl (C=O) groups excluding carboxylic acids is 2. The number of hydrogen-bond donors (Lipinski definition) is 3. The minimum absolute atomic E-state index is 0.151. The fourth-order valence-electron chi connectivity index (χ4n) is 3.76. The maximum absolute atomic E-state index is 13.3. The Morgan fingerprint density at radius 1 is 1.24 bits per heavy atom. The van der Waals surface area contributed by atoms with Crippen molar-refractivity contribution in [3.8, 4) is 6.07 Å². The van der Waals surface area contributed by atoms with E-state index in [2.05, 4.69) is 5.32 Å². The number of likely N-dealkylation sites (N-methyl/N-ethyl adjacent to an activating group) is 1. The Morgan fingerprint density at radius 2 is 1.88 bits per heavy atom. The van der Waals surface area contributed by atoms with E-state index < -0.39 is 29.8 Å². The maximum Gasteiger partial charge on any atom is 0.254 e. The smallest absolute Gasteiger partial charge is 0.254 e. The van der Waals surface area contributed by atoms with Crippen LogP contribution >= 0.6 is 0 Å². The molecule has 9 heteroatoms. The Kier molecular flexibility index (Phi) is 12.4. The van der Waals surface area contributed by atoms with Crippen LogP contribution in [0.2, 0.25) is 0 Å². The standard InChI is InChI=1S/C22H31FN4O4.C2H6/c1-3-9-26(4-2)22(31)20(29)19(28)21(30)25-14-15-7-10-27(11-8-15)18-6-5-17(23)12-16(18)13-24;1-2/h5-6,12,15,19-20,28-29H,3-4,7-11,14H2,1-2H3,(H,25,30);1-2H3. The molecule has 0 spiro atoms. The Balaban J connectivity index is 0.00000265. The van der Waals surface area contributed by atoms with Gasteiger partial charge in [-0.25, -0.2) is 4.39 Å². The van der Waals surface area contributed by atoms with Gasteiger partial charge in [-0.15, -0.1) is 0 Å². The Morgan fingerprint density at radius 3 is 2.42 bits per heavy atom. The molecule has 3 N–H and O–H groups in total. The van der Waals surface area contributed by atoms with Gasteiger partial charge in [0.05, 0.1) is 11.3 Å². The van der Waals surface area contributed by atoms with Gasteiger partial charge in [0.15, 0.2) is 12.2 Å². The van der Waals surface area contributed by atoms with Gasteiger partial charge in [0.2, 0.25) is 0 Å². The monoisotopic (exact) mass is 464 g/mol. The first kappa shape index (κ1) is 28.3. The van der Waals surface area contributed by atoms with E-state index in [-0.39, 0.29) is 11.5 Å². The lowest BCUT2D eigenvalue weighted by Gasteiger charge is -2.34. The van der Waals surface area contributed by atoms with Crippen LogP contribution in [0.3, 0.4) is 0 Å². The fraction of sp³-hybridized carbons (Fsp3) is 0.625. The van der Waals surface area contributed by atoms with Crippen LogP contribution in [0.5, 0.6) is 0 Å². The van der Waals surface area contributed by atoms with E-state index in [1.54, 1.807) is 13.0 Å². The summed E-state index contributed by atoms with van der Waals surface area (Å²) in [5, 5.41) is 32.0. The number of nitriles is 1. The molecule has 2 amide bonds. The number of nitrogens with zero attached hydrogens (tertiary/aromatic N) is 3. The molecule has 0 radical (unpaired) electrons. The highest BCUT2D eigenvalue weighted by Crippen LogP contribution is 2.26. The summed E-state index contributed by atoms with van der Waals surface area (Å²) in [5.41, 5.74) is 0.980. The lowest BCUT2D eigenvalue weighted by molar-refractivity contribution is -0.153. The van der Waals surface area contributed by atoms with Gasteiger partial charge in [-0.05, 0) is 50.3 Å². The van der Waals surface area contributed by atoms with Crippen LogP contribution in [0.15, 0.2) is 18.2 Å². The quantitative estimate of drug-likeness (QED) is 0.515. The number of nitrogens with one attached hydrogen (secondary N) is 1. The van der Waals surface area contributed by atoms with Crippen molar-refractivity contribution in [1.29, 1.82) is 5.26 Å². The van der Waals surface area contributed by atoms with Crippen LogP contribution < -0.4 is 10.2 Å². The molecule has 0 bridgehead atoms. The highest BCUT2D eigenvalue weighted by molar-refractivity contribution is 5.90. The number of halogens is 1. The third kappa shape index (κ3) is 7.98. The molecule has 0 saturated carbocycles. The van der Waals surface area contributed by atoms with E-state index in [9.17, 15) is 29.5 Å². The number of carbonyl (C=O) groups is 2. The van der Waals surface area contributed by atoms with Gasteiger partial charge < -0.3 is 25.3 Å². The van der Waals surface area contributed by atoms with Crippen LogP contribution in [0.25, 0.3) is 0 Å². The zero-order valence-corrected chi connectivity index (χ0v) is 20.1. The molecule has 0 aliphatic carbocycles. The van der Waals surface area contributed by atoms with Gasteiger partial charge in [-0.2, -0.15) is 5.26 Å². The third-order valence-electron chi connectivity index (χ3n) is 5.61. The first-order valence-electron chi connectivity index (χ1n) is 11.7. The number of hydrogen-bond acceptors (Lipinski definition) is 6. The fourth-order valence-corrected chi connectivity index (χ4v) is 3.76. The van der Waals surface area contributed by atoms with Gasteiger partial charge in [-0.3, -0.25) is 9.59 Å². The highest BCUT2D eigenvalue weighted by Gasteiger charge is 2.33. The normalized spacial score (nSPS) is 15.5. The number of rotatable bonds is 9. The molecule has 1 aromatic carbocycles. The zero-order valence-electron chi connectivity index (χ0n) is 20.1. The molecule has 33 heavy (non-hydrogen) atoms. The van der Waals surface area contributed by atoms with Crippen molar-refractivity contribution in [1.82, 2.24) is 10.2 Å². The maximum atomic E-state index is 13.3. The van der Waals surface area contributed by atoms with Crippen LogP contribution in [-0.2, 0) is 9.59 Å². The molecule has 0 aromatic heterocycles. The lowest BCUT2D eigenvalue weighted by Crippen LogP contribution is -2.51. The molecule has 2 unspecified atom stereocenters. The molecule has 1 aliphatic heterocycles. The molecule has 1 heterocycles. The number of aliphatic hydroxyl groups excluding tert-OH is 2. The second-order valence-electron chi connectivity index (χ2n) is 7.76. The van der Waals surface area contributed by atoms with Crippen molar-refractivity contribution in [3.63, 3.8) is 0 Å². The Bertz CT molecular complexity index is 806. The average molecular weight is 465 g/mol. The van der Waals surface area contributed by atoms with Gasteiger partial charge in [0, 0.05) is 32.7 Å². The number of piperidine rings is 1. The first-order valence-corrected chi connectivity index (χ1v) is 11.7. The summed E-state index contributed by atoms with van der Waals surface area (Å²) in [4.78, 5) is 27.9. The SMILES string of the molecule is CC.CCCN(CC)C(=O)C(O)C(O)C(=O)NCC1CCN(c2ccc(F)cc2C#N)CC1. The van der Waals surface area contributed by atoms with Crippen molar-refractivity contribution >= 4 is 17.5 Å². The van der Waals surface area contributed by atoms with Crippen LogP contribution in [0, 0.1) is 23.1 Å². The molecule has 1 fully saturated rings. The molecule has 184 valence electrons. The van der Waals surface area contributed by atoms with Crippen molar-refractivity contribution in [3.05, 3.63) is 29.6 Å². The van der Waals surface area contributed by atoms with Crippen LogP contribution in [0.1, 0.15) is 52.5 Å². The largest absolute Gasteiger partial charge is 0.380 e. The number of benzene rings is 1. The average Bonchev–Trinajstić information content (AvgIpc) is 2.85.